The molecule has 0 unspecified atom stereocenters. The molecule has 1 fully saturated rings. The molecule has 1 saturated heterocycles. The smallest absolute Gasteiger partial charge is 0.262 e. The summed E-state index contributed by atoms with van der Waals surface area (Å²) in [7, 11) is -1.99. The van der Waals surface area contributed by atoms with Gasteiger partial charge in [0.2, 0.25) is 0 Å². The van der Waals surface area contributed by atoms with Gasteiger partial charge >= 0.3 is 0 Å². The van der Waals surface area contributed by atoms with Crippen molar-refractivity contribution in [1.29, 1.82) is 0 Å². The minimum atomic E-state index is -3.71. The third-order valence-electron chi connectivity index (χ3n) is 4.44. The molecule has 8 nitrogen and oxygen atoms in total. The number of halogens is 1. The van der Waals surface area contributed by atoms with E-state index in [4.69, 9.17) is 16.3 Å². The molecular weight excluding hydrogens is 402 g/mol. The number of nitrogens with zero attached hydrogens (tertiary/aromatic N) is 5. The van der Waals surface area contributed by atoms with E-state index in [1.165, 1.54) is 16.8 Å². The number of imidazole rings is 1. The van der Waals surface area contributed by atoms with Crippen molar-refractivity contribution in [3.8, 4) is 11.3 Å². The summed E-state index contributed by atoms with van der Waals surface area (Å²) < 4.78 is 34.7. The first-order valence-corrected chi connectivity index (χ1v) is 10.4. The molecule has 1 aromatic carbocycles. The van der Waals surface area contributed by atoms with Crippen LogP contribution in [-0.2, 0) is 21.8 Å². The van der Waals surface area contributed by atoms with Crippen LogP contribution in [0.3, 0.4) is 0 Å². The molecule has 1 aliphatic rings. The number of aromatic nitrogens is 4. The molecule has 10 heteroatoms. The van der Waals surface area contributed by atoms with Crippen LogP contribution in [-0.4, -0.2) is 51.9 Å². The molecule has 0 bridgehead atoms. The normalized spacial score (nSPS) is 18.3. The van der Waals surface area contributed by atoms with Crippen molar-refractivity contribution < 1.29 is 13.2 Å². The van der Waals surface area contributed by atoms with E-state index < -0.39 is 16.1 Å². The summed E-state index contributed by atoms with van der Waals surface area (Å²) in [6.07, 6.45) is 5.56. The van der Waals surface area contributed by atoms with Gasteiger partial charge in [0.05, 0.1) is 24.3 Å². The van der Waals surface area contributed by atoms with Crippen molar-refractivity contribution in [1.82, 2.24) is 23.8 Å². The van der Waals surface area contributed by atoms with Crippen LogP contribution < -0.4 is 0 Å². The third-order valence-corrected chi connectivity index (χ3v) is 6.43. The molecule has 0 amide bonds. The van der Waals surface area contributed by atoms with Gasteiger partial charge in [-0.1, -0.05) is 23.7 Å². The highest BCUT2D eigenvalue weighted by Gasteiger charge is 2.34. The zero-order valence-corrected chi connectivity index (χ0v) is 16.6. The lowest BCUT2D eigenvalue weighted by Crippen LogP contribution is -2.42. The lowest BCUT2D eigenvalue weighted by molar-refractivity contribution is -0.00483. The van der Waals surface area contributed by atoms with Crippen molar-refractivity contribution >= 4 is 21.6 Å². The molecule has 0 spiro atoms. The number of sulfonamides is 1. The molecule has 0 radical (unpaired) electrons. The number of rotatable bonds is 4. The maximum absolute atomic E-state index is 12.9. The van der Waals surface area contributed by atoms with Crippen LogP contribution in [0.4, 0.5) is 0 Å². The molecule has 1 aliphatic heterocycles. The van der Waals surface area contributed by atoms with Gasteiger partial charge in [-0.2, -0.15) is 4.31 Å². The van der Waals surface area contributed by atoms with E-state index in [1.54, 1.807) is 36.1 Å². The summed E-state index contributed by atoms with van der Waals surface area (Å²) in [5, 5.41) is 0.600. The van der Waals surface area contributed by atoms with Gasteiger partial charge < -0.3 is 9.30 Å². The molecule has 0 N–H and O–H groups in total. The molecule has 28 heavy (non-hydrogen) atoms. The van der Waals surface area contributed by atoms with E-state index in [-0.39, 0.29) is 24.7 Å². The zero-order valence-electron chi connectivity index (χ0n) is 15.1. The Hall–Kier alpha value is -2.33. The van der Waals surface area contributed by atoms with Crippen molar-refractivity contribution in [3.05, 3.63) is 59.9 Å². The van der Waals surface area contributed by atoms with Gasteiger partial charge in [-0.25, -0.2) is 13.4 Å². The van der Waals surface area contributed by atoms with Gasteiger partial charge in [-0.05, 0) is 12.1 Å². The van der Waals surface area contributed by atoms with E-state index in [2.05, 4.69) is 15.0 Å². The van der Waals surface area contributed by atoms with E-state index >= 15 is 0 Å². The molecule has 0 saturated carbocycles. The maximum Gasteiger partial charge on any atom is 0.262 e. The first-order chi connectivity index (χ1) is 13.4. The summed E-state index contributed by atoms with van der Waals surface area (Å²) in [6.45, 7) is 0.635. The first kappa shape index (κ1) is 19.0. The highest BCUT2D eigenvalue weighted by atomic mass is 35.5. The Morgan fingerprint density at radius 1 is 1.21 bits per heavy atom. The first-order valence-electron chi connectivity index (χ1n) is 8.62. The predicted octanol–water partition coefficient (Wildman–Crippen LogP) is 2.29. The molecule has 0 aliphatic carbocycles. The number of hydrogen-bond donors (Lipinski definition) is 0. The second-order valence-corrected chi connectivity index (χ2v) is 8.72. The van der Waals surface area contributed by atoms with Gasteiger partial charge in [0, 0.05) is 49.3 Å². The minimum absolute atomic E-state index is 0.0184. The largest absolute Gasteiger partial charge is 0.369 e. The molecular formula is C18H18ClN5O3S. The average molecular weight is 420 g/mol. The van der Waals surface area contributed by atoms with Crippen molar-refractivity contribution in [2.24, 2.45) is 7.05 Å². The van der Waals surface area contributed by atoms with Crippen molar-refractivity contribution in [3.63, 3.8) is 0 Å². The van der Waals surface area contributed by atoms with Gasteiger partial charge in [0.15, 0.2) is 5.03 Å². The second kappa shape index (κ2) is 7.59. The molecule has 146 valence electrons. The molecule has 3 aromatic rings. The summed E-state index contributed by atoms with van der Waals surface area (Å²) in [6, 6.07) is 7.28. The van der Waals surface area contributed by atoms with Gasteiger partial charge in [-0.3, -0.25) is 9.97 Å². The quantitative estimate of drug-likeness (QED) is 0.644. The average Bonchev–Trinajstić information content (AvgIpc) is 3.15. The number of hydrogen-bond acceptors (Lipinski definition) is 6. The number of ether oxygens (including phenoxy) is 1. The van der Waals surface area contributed by atoms with Crippen LogP contribution in [0.25, 0.3) is 11.3 Å². The SMILES string of the molecule is Cn1cnc(S(=O)(=O)N2CCO[C@H](c3nccnc3-c3cccc(Cl)c3)C2)c1. The van der Waals surface area contributed by atoms with Crippen molar-refractivity contribution in [2.45, 2.75) is 11.1 Å². The Labute approximate surface area is 167 Å². The Morgan fingerprint density at radius 2 is 2.04 bits per heavy atom. The predicted molar refractivity (Wildman–Crippen MR) is 103 cm³/mol. The third kappa shape index (κ3) is 3.66. The standard InChI is InChI=1S/C18H18ClN5O3S/c1-23-11-16(22-12-23)28(25,26)24-7-8-27-15(10-24)18-17(20-5-6-21-18)13-3-2-4-14(19)9-13/h2-6,9,11-12,15H,7-8,10H2,1H3/t15-/m0/s1. The summed E-state index contributed by atoms with van der Waals surface area (Å²) >= 11 is 6.11. The fourth-order valence-electron chi connectivity index (χ4n) is 3.11. The lowest BCUT2D eigenvalue weighted by Gasteiger charge is -2.31. The van der Waals surface area contributed by atoms with Crippen LogP contribution >= 0.6 is 11.6 Å². The summed E-state index contributed by atoms with van der Waals surface area (Å²) in [5.74, 6) is 0. The molecule has 3 heterocycles. The summed E-state index contributed by atoms with van der Waals surface area (Å²) in [4.78, 5) is 12.8. The van der Waals surface area contributed by atoms with E-state index in [1.807, 2.05) is 12.1 Å². The van der Waals surface area contributed by atoms with Gasteiger partial charge in [-0.15, -0.1) is 0 Å². The maximum atomic E-state index is 12.9. The van der Waals surface area contributed by atoms with Crippen LogP contribution in [0.15, 0.2) is 54.2 Å². The molecule has 4 rings (SSSR count). The van der Waals surface area contributed by atoms with Crippen LogP contribution in [0.1, 0.15) is 11.8 Å². The fourth-order valence-corrected chi connectivity index (χ4v) is 4.69. The van der Waals surface area contributed by atoms with Crippen molar-refractivity contribution in [2.75, 3.05) is 19.7 Å². The number of aryl methyl sites for hydroxylation is 1. The summed E-state index contributed by atoms with van der Waals surface area (Å²) in [5.41, 5.74) is 1.99. The zero-order chi connectivity index (χ0) is 19.7. The van der Waals surface area contributed by atoms with Crippen LogP contribution in [0.5, 0.6) is 0 Å². The number of benzene rings is 1. The Balaban J connectivity index is 1.66. The second-order valence-electron chi connectivity index (χ2n) is 6.40. The Kier molecular flexibility index (Phi) is 5.15. The van der Waals surface area contributed by atoms with Gasteiger partial charge in [0.1, 0.15) is 6.10 Å². The molecule has 2 aromatic heterocycles. The fraction of sp³-hybridized carbons (Fsp3) is 0.278. The monoisotopic (exact) mass is 419 g/mol. The van der Waals surface area contributed by atoms with Crippen LogP contribution in [0.2, 0.25) is 5.02 Å². The molecule has 1 atom stereocenters. The van der Waals surface area contributed by atoms with Crippen LogP contribution in [0, 0.1) is 0 Å². The van der Waals surface area contributed by atoms with Gasteiger partial charge in [0.25, 0.3) is 10.0 Å². The Morgan fingerprint density at radius 3 is 2.79 bits per heavy atom. The minimum Gasteiger partial charge on any atom is -0.369 e. The number of morpholine rings is 1. The Bertz CT molecular complexity index is 1100. The lowest BCUT2D eigenvalue weighted by atomic mass is 10.1. The highest BCUT2D eigenvalue weighted by molar-refractivity contribution is 7.89. The topological polar surface area (TPSA) is 90.2 Å². The van der Waals surface area contributed by atoms with E-state index in [0.717, 1.165) is 5.56 Å². The van der Waals surface area contributed by atoms with E-state index in [0.29, 0.717) is 16.4 Å². The van der Waals surface area contributed by atoms with E-state index in [9.17, 15) is 8.42 Å². The highest BCUT2D eigenvalue weighted by Crippen LogP contribution is 2.31.